The van der Waals surface area contributed by atoms with Crippen molar-refractivity contribution in [2.24, 2.45) is 0 Å². The van der Waals surface area contributed by atoms with Gasteiger partial charge in [0, 0.05) is 24.6 Å². The minimum absolute atomic E-state index is 0.0382. The third kappa shape index (κ3) is 1.36. The second-order valence-electron chi connectivity index (χ2n) is 5.80. The van der Waals surface area contributed by atoms with Crippen molar-refractivity contribution in [3.8, 4) is 5.75 Å². The fourth-order valence-corrected chi connectivity index (χ4v) is 3.99. The second kappa shape index (κ2) is 4.01. The molecule has 2 aliphatic rings. The van der Waals surface area contributed by atoms with Gasteiger partial charge in [0.1, 0.15) is 11.4 Å². The number of anilines is 1. The molecule has 102 valence electrons. The molecule has 1 fully saturated rings. The lowest BCUT2D eigenvalue weighted by Crippen LogP contribution is -2.59. The molecule has 3 rings (SSSR count). The molecule has 1 aromatic rings. The summed E-state index contributed by atoms with van der Waals surface area (Å²) in [5.74, 6) is 0.940. The Balaban J connectivity index is 2.19. The summed E-state index contributed by atoms with van der Waals surface area (Å²) in [5, 5.41) is 3.72. The Kier molecular flexibility index (Phi) is 2.65. The van der Waals surface area contributed by atoms with Crippen LogP contribution in [0.2, 0.25) is 0 Å². The van der Waals surface area contributed by atoms with Gasteiger partial charge in [-0.15, -0.1) is 6.58 Å². The van der Waals surface area contributed by atoms with E-state index in [1.54, 1.807) is 7.11 Å². The molecule has 1 N–H and O–H groups in total. The zero-order valence-electron chi connectivity index (χ0n) is 12.0. The fourth-order valence-electron chi connectivity index (χ4n) is 3.99. The lowest BCUT2D eigenvalue weighted by Gasteiger charge is -2.43. The van der Waals surface area contributed by atoms with Gasteiger partial charge in [0.25, 0.3) is 0 Å². The standard InChI is InChI=1S/C16H22N2O/c1-5-8-16-15(2,9-10-17-16)13-11-12(19-4)6-7-14(13)18(16)3/h5-7,11,17H,1,8-10H2,2-4H3/t15-,16+/m0/s1. The van der Waals surface area contributed by atoms with Crippen molar-refractivity contribution in [2.45, 2.75) is 30.8 Å². The maximum absolute atomic E-state index is 5.40. The van der Waals surface area contributed by atoms with Gasteiger partial charge in [0.2, 0.25) is 0 Å². The first-order valence-electron chi connectivity index (χ1n) is 6.87. The quantitative estimate of drug-likeness (QED) is 0.844. The van der Waals surface area contributed by atoms with Crippen molar-refractivity contribution in [3.63, 3.8) is 0 Å². The Bertz CT molecular complexity index is 527. The van der Waals surface area contributed by atoms with Crippen LogP contribution in [0.3, 0.4) is 0 Å². The summed E-state index contributed by atoms with van der Waals surface area (Å²) in [4.78, 5) is 2.39. The second-order valence-corrected chi connectivity index (χ2v) is 5.80. The number of nitrogens with one attached hydrogen (secondary N) is 1. The molecule has 0 bridgehead atoms. The van der Waals surface area contributed by atoms with Crippen LogP contribution >= 0.6 is 0 Å². The Hall–Kier alpha value is -1.48. The Labute approximate surface area is 115 Å². The summed E-state index contributed by atoms with van der Waals surface area (Å²) >= 11 is 0. The molecule has 0 spiro atoms. The molecule has 0 aromatic heterocycles. The largest absolute Gasteiger partial charge is 0.497 e. The molecule has 0 amide bonds. The minimum atomic E-state index is -0.0382. The van der Waals surface area contributed by atoms with Crippen LogP contribution in [0.25, 0.3) is 0 Å². The monoisotopic (exact) mass is 258 g/mol. The van der Waals surface area contributed by atoms with Gasteiger partial charge in [-0.25, -0.2) is 0 Å². The molecule has 0 aliphatic carbocycles. The highest BCUT2D eigenvalue weighted by Crippen LogP contribution is 2.56. The Morgan fingerprint density at radius 2 is 2.32 bits per heavy atom. The molecule has 2 aliphatic heterocycles. The van der Waals surface area contributed by atoms with Crippen LogP contribution in [0.15, 0.2) is 30.9 Å². The maximum atomic E-state index is 5.40. The van der Waals surface area contributed by atoms with Crippen molar-refractivity contribution in [1.82, 2.24) is 5.32 Å². The van der Waals surface area contributed by atoms with E-state index in [1.807, 2.05) is 12.1 Å². The smallest absolute Gasteiger partial charge is 0.119 e. The molecule has 19 heavy (non-hydrogen) atoms. The first-order chi connectivity index (χ1) is 9.09. The van der Waals surface area contributed by atoms with Crippen LogP contribution in [-0.4, -0.2) is 26.4 Å². The van der Waals surface area contributed by atoms with Crippen LogP contribution in [0.1, 0.15) is 25.3 Å². The third-order valence-corrected chi connectivity index (χ3v) is 5.13. The van der Waals surface area contributed by atoms with E-state index in [2.05, 4.69) is 42.9 Å². The first-order valence-corrected chi connectivity index (χ1v) is 6.87. The zero-order chi connectivity index (χ0) is 13.7. The van der Waals surface area contributed by atoms with Crippen molar-refractivity contribution in [3.05, 3.63) is 36.4 Å². The van der Waals surface area contributed by atoms with Crippen molar-refractivity contribution >= 4 is 5.69 Å². The number of rotatable bonds is 3. The molecule has 3 nitrogen and oxygen atoms in total. The lowest BCUT2D eigenvalue weighted by atomic mass is 9.73. The molecule has 1 aromatic carbocycles. The summed E-state index contributed by atoms with van der Waals surface area (Å²) in [6, 6.07) is 6.41. The van der Waals surface area contributed by atoms with Crippen molar-refractivity contribution in [1.29, 1.82) is 0 Å². The van der Waals surface area contributed by atoms with E-state index >= 15 is 0 Å². The molecule has 0 unspecified atom stereocenters. The van der Waals surface area contributed by atoms with Crippen LogP contribution in [0, 0.1) is 0 Å². The van der Waals surface area contributed by atoms with E-state index in [4.69, 9.17) is 4.74 Å². The van der Waals surface area contributed by atoms with E-state index in [1.165, 1.54) is 11.3 Å². The summed E-state index contributed by atoms with van der Waals surface area (Å²) in [6.07, 6.45) is 4.11. The number of fused-ring (bicyclic) bond motifs is 3. The van der Waals surface area contributed by atoms with Gasteiger partial charge in [-0.1, -0.05) is 13.0 Å². The number of benzene rings is 1. The molecule has 2 atom stereocenters. The average Bonchev–Trinajstić information content (AvgIpc) is 2.84. The fraction of sp³-hybridized carbons (Fsp3) is 0.500. The van der Waals surface area contributed by atoms with Crippen LogP contribution in [-0.2, 0) is 5.41 Å². The van der Waals surface area contributed by atoms with Gasteiger partial charge in [0.15, 0.2) is 0 Å². The number of hydrogen-bond donors (Lipinski definition) is 1. The van der Waals surface area contributed by atoms with Crippen LogP contribution in [0.4, 0.5) is 5.69 Å². The predicted octanol–water partition coefficient (Wildman–Crippen LogP) is 2.67. The number of nitrogens with zero attached hydrogens (tertiary/aromatic N) is 1. The molecule has 3 heteroatoms. The highest BCUT2D eigenvalue weighted by atomic mass is 16.5. The topological polar surface area (TPSA) is 24.5 Å². The molecule has 0 radical (unpaired) electrons. The number of ether oxygens (including phenoxy) is 1. The molecular formula is C16H22N2O. The summed E-state index contributed by atoms with van der Waals surface area (Å²) < 4.78 is 5.40. The van der Waals surface area contributed by atoms with Crippen LogP contribution < -0.4 is 15.0 Å². The van der Waals surface area contributed by atoms with Gasteiger partial charge < -0.3 is 9.64 Å². The van der Waals surface area contributed by atoms with Crippen LogP contribution in [0.5, 0.6) is 5.75 Å². The first kappa shape index (κ1) is 12.5. The van der Waals surface area contributed by atoms with Gasteiger partial charge in [-0.05, 0) is 36.7 Å². The summed E-state index contributed by atoms with van der Waals surface area (Å²) in [5.41, 5.74) is 2.77. The zero-order valence-corrected chi connectivity index (χ0v) is 12.0. The Morgan fingerprint density at radius 1 is 1.53 bits per heavy atom. The van der Waals surface area contributed by atoms with Gasteiger partial charge >= 0.3 is 0 Å². The minimum Gasteiger partial charge on any atom is -0.497 e. The van der Waals surface area contributed by atoms with Crippen molar-refractivity contribution < 1.29 is 4.74 Å². The number of hydrogen-bond acceptors (Lipinski definition) is 3. The highest BCUT2D eigenvalue weighted by Gasteiger charge is 2.60. The molecule has 0 saturated carbocycles. The maximum Gasteiger partial charge on any atom is 0.119 e. The predicted molar refractivity (Wildman–Crippen MR) is 78.9 cm³/mol. The highest BCUT2D eigenvalue weighted by molar-refractivity contribution is 5.68. The lowest BCUT2D eigenvalue weighted by molar-refractivity contribution is 0.268. The average molecular weight is 258 g/mol. The summed E-state index contributed by atoms with van der Waals surface area (Å²) in [6.45, 7) is 7.36. The Morgan fingerprint density at radius 3 is 3.00 bits per heavy atom. The van der Waals surface area contributed by atoms with Crippen molar-refractivity contribution in [2.75, 3.05) is 25.6 Å². The number of likely N-dealkylation sites (N-methyl/N-ethyl adjacent to an activating group) is 1. The number of methoxy groups -OCH3 is 1. The van der Waals surface area contributed by atoms with E-state index in [0.29, 0.717) is 0 Å². The molecule has 1 saturated heterocycles. The molecular weight excluding hydrogens is 236 g/mol. The van der Waals surface area contributed by atoms with E-state index in [-0.39, 0.29) is 11.1 Å². The van der Waals surface area contributed by atoms with Gasteiger partial charge in [-0.3, -0.25) is 5.32 Å². The molecule has 2 heterocycles. The summed E-state index contributed by atoms with van der Waals surface area (Å²) in [7, 11) is 3.91. The van der Waals surface area contributed by atoms with E-state index < -0.39 is 0 Å². The van der Waals surface area contributed by atoms with Gasteiger partial charge in [-0.2, -0.15) is 0 Å². The van der Waals surface area contributed by atoms with Gasteiger partial charge in [0.05, 0.1) is 7.11 Å². The normalized spacial score (nSPS) is 32.1. The van der Waals surface area contributed by atoms with E-state index in [9.17, 15) is 0 Å². The third-order valence-electron chi connectivity index (χ3n) is 5.13. The SMILES string of the molecule is C=CC[C@]12NCC[C@@]1(C)c1cc(OC)ccc1N2C. The van der Waals surface area contributed by atoms with E-state index in [0.717, 1.165) is 25.1 Å².